The zero-order valence-electron chi connectivity index (χ0n) is 23.1. The molecule has 2 aliphatic carbocycles. The van der Waals surface area contributed by atoms with Crippen LogP contribution in [0.2, 0.25) is 0 Å². The molecule has 0 saturated carbocycles. The first-order chi connectivity index (χ1) is 18.7. The Morgan fingerprint density at radius 1 is 0.575 bits per heavy atom. The van der Waals surface area contributed by atoms with E-state index in [0.717, 1.165) is 12.8 Å². The van der Waals surface area contributed by atoms with Gasteiger partial charge in [-0.05, 0) is 0 Å². The Morgan fingerprint density at radius 3 is 1.85 bits per heavy atom. The van der Waals surface area contributed by atoms with Crippen LogP contribution in [0.3, 0.4) is 0 Å². The first-order valence-electron chi connectivity index (χ1n) is 14.0. The maximum absolute atomic E-state index is 2.54. The Hall–Kier alpha value is -2.44. The van der Waals surface area contributed by atoms with Crippen molar-refractivity contribution in [2.24, 2.45) is 0 Å². The van der Waals surface area contributed by atoms with Gasteiger partial charge in [-0.15, -0.1) is 0 Å². The Morgan fingerprint density at radius 2 is 1.18 bits per heavy atom. The van der Waals surface area contributed by atoms with Crippen LogP contribution in [0, 0.1) is 0 Å². The average molecular weight is 639 g/mol. The van der Waals surface area contributed by atoms with Crippen LogP contribution in [-0.4, -0.2) is 0 Å². The van der Waals surface area contributed by atoms with E-state index in [0.29, 0.717) is 7.25 Å². The van der Waals surface area contributed by atoms with Gasteiger partial charge < -0.3 is 24.8 Å². The fourth-order valence-electron chi connectivity index (χ4n) is 6.61. The summed E-state index contributed by atoms with van der Waals surface area (Å²) in [4.78, 5) is 0. The van der Waals surface area contributed by atoms with E-state index >= 15 is 0 Å². The van der Waals surface area contributed by atoms with Crippen molar-refractivity contribution < 1.29 is 48.0 Å². The third-order valence-electron chi connectivity index (χ3n) is 8.65. The molecule has 0 bridgehead atoms. The summed E-state index contributed by atoms with van der Waals surface area (Å²) in [5, 5.41) is 2.66. The number of halogens is 2. The van der Waals surface area contributed by atoms with E-state index in [1.807, 2.05) is 0 Å². The van der Waals surface area contributed by atoms with E-state index in [4.69, 9.17) is 0 Å². The predicted octanol–water partition coefficient (Wildman–Crippen LogP) is 3.95. The Balaban J connectivity index is 0.00000161. The van der Waals surface area contributed by atoms with Crippen LogP contribution in [0.4, 0.5) is 0 Å². The normalized spacial score (nSPS) is 14.9. The minimum absolute atomic E-state index is 0. The smallest absolute Gasteiger partial charge is 1.00 e. The minimum Gasteiger partial charge on any atom is -1.00 e. The third-order valence-corrected chi connectivity index (χ3v) is 13.7. The third kappa shape index (κ3) is 4.75. The van der Waals surface area contributed by atoms with Crippen molar-refractivity contribution in [2.45, 2.75) is 40.9 Å². The van der Waals surface area contributed by atoms with Gasteiger partial charge >= 0.3 is 239 Å². The minimum atomic E-state index is -0.938. The van der Waals surface area contributed by atoms with E-state index in [9.17, 15) is 0 Å². The molecule has 0 N–H and O–H groups in total. The van der Waals surface area contributed by atoms with Crippen molar-refractivity contribution in [3.8, 4) is 22.3 Å². The van der Waals surface area contributed by atoms with E-state index < -0.39 is 23.2 Å². The molecule has 2 aliphatic rings. The molecule has 0 nitrogen and oxygen atoms in total. The molecule has 40 heavy (non-hydrogen) atoms. The quantitative estimate of drug-likeness (QED) is 0.274. The van der Waals surface area contributed by atoms with Crippen LogP contribution in [0.25, 0.3) is 39.1 Å². The van der Waals surface area contributed by atoms with Crippen LogP contribution in [0.5, 0.6) is 0 Å². The summed E-state index contributed by atoms with van der Waals surface area (Å²) in [6, 6.07) is 37.2. The largest absolute Gasteiger partial charge is 1.00 e. The molecule has 1 unspecified atom stereocenters. The fraction of sp³-hybridized carbons (Fsp3) is 0.189. The topological polar surface area (TPSA) is 0 Å². The summed E-state index contributed by atoms with van der Waals surface area (Å²) < 4.78 is 1.20. The molecule has 0 amide bonds. The zero-order chi connectivity index (χ0) is 25.8. The van der Waals surface area contributed by atoms with Crippen molar-refractivity contribution in [1.29, 1.82) is 0 Å². The monoisotopic (exact) mass is 636 g/mol. The van der Waals surface area contributed by atoms with Gasteiger partial charge in [0.05, 0.1) is 0 Å². The molecule has 1 atom stereocenters. The summed E-state index contributed by atoms with van der Waals surface area (Å²) in [5.41, 5.74) is 16.4. The molecular formula is C37H32Cl2Zr. The van der Waals surface area contributed by atoms with Gasteiger partial charge in [0.15, 0.2) is 0 Å². The van der Waals surface area contributed by atoms with Gasteiger partial charge in [-0.1, -0.05) is 0 Å². The van der Waals surface area contributed by atoms with Crippen LogP contribution < -0.4 is 24.8 Å². The molecule has 0 fully saturated rings. The first kappa shape index (κ1) is 29.1. The second-order valence-electron chi connectivity index (χ2n) is 10.8. The van der Waals surface area contributed by atoms with Crippen molar-refractivity contribution in [2.75, 3.05) is 0 Å². The van der Waals surface area contributed by atoms with Crippen LogP contribution in [0.15, 0.2) is 103 Å². The number of rotatable bonds is 5. The van der Waals surface area contributed by atoms with E-state index in [1.165, 1.54) is 49.7 Å². The maximum Gasteiger partial charge on any atom is -1.00 e. The molecule has 5 aromatic rings. The van der Waals surface area contributed by atoms with Crippen molar-refractivity contribution >= 4 is 16.8 Å². The van der Waals surface area contributed by atoms with Gasteiger partial charge in [0, 0.05) is 0 Å². The SMILES string of the molecule is CCc1ccc2c(c1)[CH]([Zr+2][CH]1C(C)=Cc3c(-c4cccc5ccccc45)cccc31)c1cc(CC)ccc1-2.[Cl-].[Cl-]. The summed E-state index contributed by atoms with van der Waals surface area (Å²) in [7, 11) is 0. The molecular weight excluding hydrogens is 607 g/mol. The molecule has 0 saturated heterocycles. The number of fused-ring (bicyclic) bond motifs is 5. The molecule has 3 heteroatoms. The first-order valence-corrected chi connectivity index (χ1v) is 16.8. The van der Waals surface area contributed by atoms with Gasteiger partial charge in [0.1, 0.15) is 0 Å². The van der Waals surface area contributed by atoms with Gasteiger partial charge in [-0.2, -0.15) is 0 Å². The van der Waals surface area contributed by atoms with Crippen molar-refractivity contribution in [1.82, 2.24) is 0 Å². The molecule has 7 rings (SSSR count). The summed E-state index contributed by atoms with van der Waals surface area (Å²) >= 11 is -0.938. The summed E-state index contributed by atoms with van der Waals surface area (Å²) in [6.45, 7) is 6.95. The standard InChI is InChI=1S/C20H15.C17H17.2ClH.Zr/c1-14-12-16-8-5-11-19(20(16)13-14)18-10-4-7-15-6-2-3-9-17(15)18;1-3-12-5-7-16-14(9-12)11-15-10-13(4-2)6-8-17(15)16;;;/h2-13H,1H3;5-11H,3-4H2,1-2H3;2*1H;/q;;;;+2/p-2. The zero-order valence-corrected chi connectivity index (χ0v) is 27.1. The molecule has 198 valence electrons. The fourth-order valence-corrected chi connectivity index (χ4v) is 11.4. The van der Waals surface area contributed by atoms with E-state index in [-0.39, 0.29) is 24.8 Å². The van der Waals surface area contributed by atoms with Crippen molar-refractivity contribution in [3.05, 3.63) is 136 Å². The second kappa shape index (κ2) is 11.8. The maximum atomic E-state index is 2.54. The van der Waals surface area contributed by atoms with Crippen LogP contribution in [0.1, 0.15) is 61.4 Å². The Labute approximate surface area is 262 Å². The second-order valence-corrected chi connectivity index (χ2v) is 14.5. The molecule has 0 spiro atoms. The Bertz CT molecular complexity index is 1690. The van der Waals surface area contributed by atoms with E-state index in [2.05, 4.69) is 124 Å². The molecule has 0 radical (unpaired) electrons. The van der Waals surface area contributed by atoms with Crippen molar-refractivity contribution in [3.63, 3.8) is 0 Å². The number of benzene rings is 5. The molecule has 0 heterocycles. The molecule has 5 aromatic carbocycles. The van der Waals surface area contributed by atoms with Crippen LogP contribution in [-0.2, 0) is 36.1 Å². The average Bonchev–Trinajstić information content (AvgIpc) is 3.45. The Kier molecular flexibility index (Phi) is 8.59. The summed E-state index contributed by atoms with van der Waals surface area (Å²) in [5.74, 6) is 0. The predicted molar refractivity (Wildman–Crippen MR) is 158 cm³/mol. The van der Waals surface area contributed by atoms with Gasteiger partial charge in [-0.25, -0.2) is 0 Å². The van der Waals surface area contributed by atoms with E-state index in [1.54, 1.807) is 22.3 Å². The molecule has 0 aliphatic heterocycles. The van der Waals surface area contributed by atoms with Gasteiger partial charge in [0.2, 0.25) is 0 Å². The molecule has 0 aromatic heterocycles. The van der Waals surface area contributed by atoms with Crippen LogP contribution >= 0.6 is 0 Å². The summed E-state index contributed by atoms with van der Waals surface area (Å²) in [6.07, 6.45) is 4.71. The van der Waals surface area contributed by atoms with Gasteiger partial charge in [0.25, 0.3) is 0 Å². The number of hydrogen-bond acceptors (Lipinski definition) is 0. The number of allylic oxidation sites excluding steroid dienone is 1. The number of aryl methyl sites for hydroxylation is 2. The number of hydrogen-bond donors (Lipinski definition) is 0. The van der Waals surface area contributed by atoms with Gasteiger partial charge in [-0.3, -0.25) is 0 Å².